The highest BCUT2D eigenvalue weighted by atomic mass is 32.2. The van der Waals surface area contributed by atoms with E-state index in [9.17, 15) is 21.9 Å². The lowest BCUT2D eigenvalue weighted by atomic mass is 9.95. The Morgan fingerprint density at radius 2 is 1.57 bits per heavy atom. The van der Waals surface area contributed by atoms with Crippen molar-refractivity contribution >= 4 is 19.9 Å². The summed E-state index contributed by atoms with van der Waals surface area (Å²) in [5, 5.41) is 8.59. The summed E-state index contributed by atoms with van der Waals surface area (Å²) >= 11 is 0. The van der Waals surface area contributed by atoms with E-state index in [2.05, 4.69) is 0 Å². The van der Waals surface area contributed by atoms with E-state index < -0.39 is 25.1 Å². The molecule has 1 N–H and O–H groups in total. The van der Waals surface area contributed by atoms with E-state index >= 15 is 0 Å². The Kier molecular flexibility index (Phi) is 5.67. The molecule has 1 aliphatic carbocycles. The van der Waals surface area contributed by atoms with E-state index in [-0.39, 0.29) is 43.5 Å². The van der Waals surface area contributed by atoms with Gasteiger partial charge in [-0.3, -0.25) is 0 Å². The number of hydrogen-bond donors (Lipinski definition) is 1. The lowest BCUT2D eigenvalue weighted by Gasteiger charge is -2.36. The number of rotatable bonds is 5. The summed E-state index contributed by atoms with van der Waals surface area (Å²) in [6.45, 7) is -0.0724. The largest absolute Gasteiger partial charge is 0.395 e. The van der Waals surface area contributed by atoms with Crippen molar-refractivity contribution < 1.29 is 21.9 Å². The van der Waals surface area contributed by atoms with Crippen LogP contribution in [0.1, 0.15) is 44.9 Å². The maximum absolute atomic E-state index is 12.8. The monoisotopic (exact) mass is 339 g/mol. The first kappa shape index (κ1) is 17.2. The molecule has 0 unspecified atom stereocenters. The van der Waals surface area contributed by atoms with Gasteiger partial charge in [-0.1, -0.05) is 19.3 Å². The van der Waals surface area contributed by atoms with Crippen LogP contribution in [0.3, 0.4) is 0 Å². The Morgan fingerprint density at radius 1 is 1.00 bits per heavy atom. The summed E-state index contributed by atoms with van der Waals surface area (Å²) in [5.74, 6) is -0.0942. The first-order valence-corrected chi connectivity index (χ1v) is 11.0. The molecule has 1 aliphatic heterocycles. The molecule has 0 aromatic heterocycles. The third-order valence-electron chi connectivity index (χ3n) is 4.55. The van der Waals surface area contributed by atoms with Crippen LogP contribution >= 0.6 is 0 Å². The minimum atomic E-state index is -3.53. The Hall–Kier alpha value is -0.180. The fourth-order valence-electron chi connectivity index (χ4n) is 3.34. The van der Waals surface area contributed by atoms with Crippen LogP contribution in [0.5, 0.6) is 0 Å². The van der Waals surface area contributed by atoms with Crippen molar-refractivity contribution in [1.82, 2.24) is 4.31 Å². The minimum Gasteiger partial charge on any atom is -0.395 e. The number of sulfone groups is 1. The van der Waals surface area contributed by atoms with Crippen LogP contribution in [0.25, 0.3) is 0 Å². The van der Waals surface area contributed by atoms with E-state index in [1.165, 1.54) is 4.31 Å². The normalized spacial score (nSPS) is 25.2. The van der Waals surface area contributed by atoms with E-state index in [1.807, 2.05) is 0 Å². The maximum atomic E-state index is 12.8. The average molecular weight is 339 g/mol. The molecule has 1 saturated carbocycles. The SMILES string of the molecule is O=S1(=O)CCC(S(=O)(=O)N(CCO)C2CCCCC2)CC1. The summed E-state index contributed by atoms with van der Waals surface area (Å²) in [6.07, 6.45) is 5.20. The molecule has 1 heterocycles. The van der Waals surface area contributed by atoms with Gasteiger partial charge in [0.25, 0.3) is 0 Å². The van der Waals surface area contributed by atoms with Gasteiger partial charge in [-0.05, 0) is 25.7 Å². The maximum Gasteiger partial charge on any atom is 0.217 e. The fourth-order valence-corrected chi connectivity index (χ4v) is 7.31. The highest BCUT2D eigenvalue weighted by molar-refractivity contribution is 7.92. The van der Waals surface area contributed by atoms with E-state index in [0.29, 0.717) is 0 Å². The fraction of sp³-hybridized carbons (Fsp3) is 1.00. The second kappa shape index (κ2) is 6.93. The average Bonchev–Trinajstić information content (AvgIpc) is 2.45. The van der Waals surface area contributed by atoms with Crippen molar-refractivity contribution in [3.8, 4) is 0 Å². The Bertz CT molecular complexity index is 523. The third-order valence-corrected chi connectivity index (χ3v) is 8.72. The number of sulfonamides is 1. The summed E-state index contributed by atoms with van der Waals surface area (Å²) in [6, 6.07) is -0.0329. The summed E-state index contributed by atoms with van der Waals surface area (Å²) in [5.41, 5.74) is 0. The van der Waals surface area contributed by atoms with Crippen LogP contribution in [0.4, 0.5) is 0 Å². The lowest BCUT2D eigenvalue weighted by molar-refractivity contribution is 0.197. The summed E-state index contributed by atoms with van der Waals surface area (Å²) in [7, 11) is -6.60. The first-order chi connectivity index (χ1) is 9.87. The number of aliphatic hydroxyl groups excluding tert-OH is 1. The van der Waals surface area contributed by atoms with Crippen molar-refractivity contribution in [3.63, 3.8) is 0 Å². The molecule has 0 atom stereocenters. The molecule has 0 bridgehead atoms. The smallest absolute Gasteiger partial charge is 0.217 e. The molecular formula is C13H25NO5S2. The van der Waals surface area contributed by atoms with Gasteiger partial charge in [0, 0.05) is 12.6 Å². The predicted molar refractivity (Wildman–Crippen MR) is 81.3 cm³/mol. The lowest BCUT2D eigenvalue weighted by Crippen LogP contribution is -2.49. The molecule has 21 heavy (non-hydrogen) atoms. The van der Waals surface area contributed by atoms with E-state index in [0.717, 1.165) is 32.1 Å². The van der Waals surface area contributed by atoms with Crippen molar-refractivity contribution in [2.24, 2.45) is 0 Å². The third kappa shape index (κ3) is 4.18. The zero-order valence-corrected chi connectivity index (χ0v) is 13.9. The molecule has 0 amide bonds. The van der Waals surface area contributed by atoms with Crippen molar-refractivity contribution in [2.45, 2.75) is 56.2 Å². The molecule has 2 rings (SSSR count). The molecule has 6 nitrogen and oxygen atoms in total. The Labute approximate surface area is 127 Å². The molecule has 2 aliphatic rings. The second-order valence-electron chi connectivity index (χ2n) is 6.02. The van der Waals surface area contributed by atoms with Gasteiger partial charge in [0.1, 0.15) is 9.84 Å². The highest BCUT2D eigenvalue weighted by Crippen LogP contribution is 2.29. The van der Waals surface area contributed by atoms with Crippen LogP contribution in [0, 0.1) is 0 Å². The van der Waals surface area contributed by atoms with E-state index in [4.69, 9.17) is 0 Å². The Morgan fingerprint density at radius 3 is 2.10 bits per heavy atom. The predicted octanol–water partition coefficient (Wildman–Crippen LogP) is 0.520. The van der Waals surface area contributed by atoms with Gasteiger partial charge in [-0.2, -0.15) is 4.31 Å². The molecular weight excluding hydrogens is 314 g/mol. The minimum absolute atomic E-state index is 0.0329. The first-order valence-electron chi connectivity index (χ1n) is 7.69. The van der Waals surface area contributed by atoms with Crippen LogP contribution in [-0.4, -0.2) is 62.2 Å². The van der Waals surface area contributed by atoms with Crippen LogP contribution < -0.4 is 0 Å². The molecule has 0 aromatic rings. The zero-order chi connectivity index (χ0) is 15.5. The van der Waals surface area contributed by atoms with Gasteiger partial charge in [0.15, 0.2) is 0 Å². The van der Waals surface area contributed by atoms with Crippen molar-refractivity contribution in [3.05, 3.63) is 0 Å². The van der Waals surface area contributed by atoms with Gasteiger partial charge in [0.2, 0.25) is 10.0 Å². The van der Waals surface area contributed by atoms with Gasteiger partial charge >= 0.3 is 0 Å². The summed E-state index contributed by atoms with van der Waals surface area (Å²) < 4.78 is 50.0. The molecule has 0 spiro atoms. The Balaban J connectivity index is 2.13. The number of aliphatic hydroxyl groups is 1. The molecule has 0 aromatic carbocycles. The van der Waals surface area contributed by atoms with Crippen molar-refractivity contribution in [1.29, 1.82) is 0 Å². The van der Waals surface area contributed by atoms with Crippen LogP contribution in [0.15, 0.2) is 0 Å². The van der Waals surface area contributed by atoms with Gasteiger partial charge in [-0.15, -0.1) is 0 Å². The number of hydrogen-bond acceptors (Lipinski definition) is 5. The topological polar surface area (TPSA) is 91.8 Å². The van der Waals surface area contributed by atoms with Crippen LogP contribution in [-0.2, 0) is 19.9 Å². The second-order valence-corrected chi connectivity index (χ2v) is 10.5. The molecule has 124 valence electrons. The number of nitrogens with zero attached hydrogens (tertiary/aromatic N) is 1. The van der Waals surface area contributed by atoms with Crippen molar-refractivity contribution in [2.75, 3.05) is 24.7 Å². The molecule has 0 radical (unpaired) electrons. The molecule has 1 saturated heterocycles. The quantitative estimate of drug-likeness (QED) is 0.788. The standard InChI is InChI=1S/C13H25NO5S2/c15-9-8-14(12-4-2-1-3-5-12)21(18,19)13-6-10-20(16,17)11-7-13/h12-13,15H,1-11H2. The summed E-state index contributed by atoms with van der Waals surface area (Å²) in [4.78, 5) is 0. The molecule has 2 fully saturated rings. The van der Waals surface area contributed by atoms with E-state index in [1.54, 1.807) is 0 Å². The van der Waals surface area contributed by atoms with Gasteiger partial charge < -0.3 is 5.11 Å². The highest BCUT2D eigenvalue weighted by Gasteiger charge is 2.39. The molecule has 8 heteroatoms. The van der Waals surface area contributed by atoms with Crippen LogP contribution in [0.2, 0.25) is 0 Å². The van der Waals surface area contributed by atoms with Gasteiger partial charge in [-0.25, -0.2) is 16.8 Å². The van der Waals surface area contributed by atoms with Gasteiger partial charge in [0.05, 0.1) is 23.4 Å². The zero-order valence-electron chi connectivity index (χ0n) is 12.3.